The Morgan fingerprint density at radius 1 is 1.11 bits per heavy atom. The van der Waals surface area contributed by atoms with Gasteiger partial charge in [-0.1, -0.05) is 26.2 Å². The Hall–Kier alpha value is -2.98. The third-order valence-electron chi connectivity index (χ3n) is 6.97. The number of aromatic amines is 1. The molecule has 2 aromatic heterocycles. The second-order valence-electron chi connectivity index (χ2n) is 9.06. The molecule has 10 heteroatoms. The smallest absolute Gasteiger partial charge is 0.252 e. The largest absolute Gasteiger partial charge is 0.493 e. The van der Waals surface area contributed by atoms with Crippen LogP contribution >= 0.6 is 0 Å². The highest BCUT2D eigenvalue weighted by Gasteiger charge is 2.32. The number of benzene rings is 1. The first-order chi connectivity index (χ1) is 17.1. The second kappa shape index (κ2) is 11.6. The number of rotatable bonds is 11. The van der Waals surface area contributed by atoms with Gasteiger partial charge in [0.1, 0.15) is 0 Å². The van der Waals surface area contributed by atoms with E-state index in [1.54, 1.807) is 27.4 Å². The molecule has 2 heterocycles. The maximum Gasteiger partial charge on any atom is 0.252 e. The Balaban J connectivity index is 1.72. The molecule has 4 rings (SSSR count). The number of fused-ring (bicyclic) bond motifs is 1. The van der Waals surface area contributed by atoms with Crippen molar-refractivity contribution < 1.29 is 14.2 Å². The van der Waals surface area contributed by atoms with E-state index in [1.165, 1.54) is 19.3 Å². The van der Waals surface area contributed by atoms with Crippen LogP contribution in [-0.2, 0) is 17.8 Å². The lowest BCUT2D eigenvalue weighted by atomic mass is 9.92. The molecule has 0 aliphatic heterocycles. The number of nitrogens with zero attached hydrogens (tertiary/aromatic N) is 5. The zero-order valence-electron chi connectivity index (χ0n) is 21.1. The lowest BCUT2D eigenvalue weighted by molar-refractivity contribution is 0.0826. The van der Waals surface area contributed by atoms with Crippen molar-refractivity contribution in [3.8, 4) is 11.5 Å². The summed E-state index contributed by atoms with van der Waals surface area (Å²) < 4.78 is 18.0. The van der Waals surface area contributed by atoms with Crippen molar-refractivity contribution in [2.45, 2.75) is 70.6 Å². The molecule has 3 aromatic rings. The van der Waals surface area contributed by atoms with Crippen molar-refractivity contribution in [3.05, 3.63) is 39.9 Å². The predicted octanol–water partition coefficient (Wildman–Crippen LogP) is 3.46. The van der Waals surface area contributed by atoms with Gasteiger partial charge in [-0.05, 0) is 41.8 Å². The number of hydrogen-bond donors (Lipinski definition) is 1. The Morgan fingerprint density at radius 3 is 2.54 bits per heavy atom. The van der Waals surface area contributed by atoms with Crippen LogP contribution < -0.4 is 15.0 Å². The van der Waals surface area contributed by atoms with Crippen molar-refractivity contribution in [2.75, 3.05) is 27.9 Å². The molecule has 1 saturated carbocycles. The average molecular weight is 485 g/mol. The van der Waals surface area contributed by atoms with Crippen LogP contribution in [0.5, 0.6) is 11.5 Å². The summed E-state index contributed by atoms with van der Waals surface area (Å²) in [6.07, 6.45) is 6.68. The average Bonchev–Trinajstić information content (AvgIpc) is 3.35. The molecule has 0 saturated heterocycles. The molecule has 35 heavy (non-hydrogen) atoms. The fourth-order valence-corrected chi connectivity index (χ4v) is 5.15. The van der Waals surface area contributed by atoms with Crippen molar-refractivity contribution in [3.63, 3.8) is 0 Å². The minimum Gasteiger partial charge on any atom is -0.493 e. The van der Waals surface area contributed by atoms with E-state index in [9.17, 15) is 4.79 Å². The summed E-state index contributed by atoms with van der Waals surface area (Å²) in [4.78, 5) is 18.7. The monoisotopic (exact) mass is 484 g/mol. The van der Waals surface area contributed by atoms with E-state index in [-0.39, 0.29) is 11.6 Å². The number of ether oxygens (including phenoxy) is 3. The predicted molar refractivity (Wildman–Crippen MR) is 133 cm³/mol. The van der Waals surface area contributed by atoms with E-state index >= 15 is 0 Å². The van der Waals surface area contributed by atoms with Gasteiger partial charge in [-0.2, -0.15) is 0 Å². The van der Waals surface area contributed by atoms with Gasteiger partial charge < -0.3 is 19.2 Å². The van der Waals surface area contributed by atoms with Gasteiger partial charge in [0.25, 0.3) is 5.56 Å². The summed E-state index contributed by atoms with van der Waals surface area (Å²) in [6.45, 7) is 3.79. The summed E-state index contributed by atoms with van der Waals surface area (Å²) in [7, 11) is 4.87. The molecule has 0 radical (unpaired) electrons. The fourth-order valence-electron chi connectivity index (χ4n) is 5.15. The van der Waals surface area contributed by atoms with Gasteiger partial charge in [0.2, 0.25) is 0 Å². The Labute approximate surface area is 205 Å². The van der Waals surface area contributed by atoms with Gasteiger partial charge in [-0.25, -0.2) is 4.68 Å². The molecule has 190 valence electrons. The quantitative estimate of drug-likeness (QED) is 0.441. The van der Waals surface area contributed by atoms with Crippen LogP contribution in [0, 0.1) is 0 Å². The molecular formula is C25H36N6O4. The van der Waals surface area contributed by atoms with Crippen molar-refractivity contribution >= 4 is 10.9 Å². The first-order valence-electron chi connectivity index (χ1n) is 12.4. The van der Waals surface area contributed by atoms with E-state index in [2.05, 4.69) is 32.3 Å². The number of pyridine rings is 1. The summed E-state index contributed by atoms with van der Waals surface area (Å²) in [6, 6.07) is 6.03. The van der Waals surface area contributed by atoms with Gasteiger partial charge >= 0.3 is 0 Å². The van der Waals surface area contributed by atoms with Crippen molar-refractivity contribution in [2.24, 2.45) is 0 Å². The molecule has 1 aliphatic rings. The Kier molecular flexibility index (Phi) is 8.35. The number of nitrogens with one attached hydrogen (secondary N) is 1. The molecule has 1 N–H and O–H groups in total. The Bertz CT molecular complexity index is 1170. The van der Waals surface area contributed by atoms with Crippen LogP contribution in [0.4, 0.5) is 0 Å². The lowest BCUT2D eigenvalue weighted by Crippen LogP contribution is -2.41. The standard InChI is InChI=1S/C25H36N6O4/c1-5-21(24-27-28-29-31(24)11-12-33-2)30(19-9-7-6-8-10-19)16-18-13-17-14-22(34-3)23(35-4)15-20(17)26-25(18)32/h13-15,19,21H,5-12,16H2,1-4H3,(H,26,32). The first-order valence-corrected chi connectivity index (χ1v) is 12.4. The Morgan fingerprint density at radius 2 is 1.86 bits per heavy atom. The van der Waals surface area contributed by atoms with E-state index < -0.39 is 0 Å². The molecule has 1 aromatic carbocycles. The van der Waals surface area contributed by atoms with Crippen LogP contribution in [0.1, 0.15) is 62.9 Å². The van der Waals surface area contributed by atoms with E-state index in [0.29, 0.717) is 42.8 Å². The van der Waals surface area contributed by atoms with Crippen LogP contribution in [0.3, 0.4) is 0 Å². The van der Waals surface area contributed by atoms with Crippen LogP contribution in [0.15, 0.2) is 23.0 Å². The van der Waals surface area contributed by atoms with Gasteiger partial charge in [-0.3, -0.25) is 9.69 Å². The molecule has 1 unspecified atom stereocenters. The van der Waals surface area contributed by atoms with E-state index in [1.807, 2.05) is 16.8 Å². The molecular weight excluding hydrogens is 448 g/mol. The summed E-state index contributed by atoms with van der Waals surface area (Å²) in [5.41, 5.74) is 1.33. The second-order valence-corrected chi connectivity index (χ2v) is 9.06. The molecule has 10 nitrogen and oxygen atoms in total. The summed E-state index contributed by atoms with van der Waals surface area (Å²) in [5, 5.41) is 13.5. The zero-order valence-corrected chi connectivity index (χ0v) is 21.1. The van der Waals surface area contributed by atoms with Gasteiger partial charge in [0, 0.05) is 36.7 Å². The summed E-state index contributed by atoms with van der Waals surface area (Å²) in [5.74, 6) is 2.03. The zero-order chi connectivity index (χ0) is 24.8. The van der Waals surface area contributed by atoms with Crippen molar-refractivity contribution in [1.82, 2.24) is 30.1 Å². The maximum absolute atomic E-state index is 13.2. The number of aromatic nitrogens is 5. The first kappa shape index (κ1) is 25.1. The minimum atomic E-state index is -0.0978. The van der Waals surface area contributed by atoms with Crippen molar-refractivity contribution in [1.29, 1.82) is 0 Å². The van der Waals surface area contributed by atoms with Gasteiger partial charge in [0.05, 0.1) is 38.9 Å². The van der Waals surface area contributed by atoms with Crippen LogP contribution in [0.2, 0.25) is 0 Å². The molecule has 0 spiro atoms. The van der Waals surface area contributed by atoms with Gasteiger partial charge in [-0.15, -0.1) is 5.10 Å². The number of methoxy groups -OCH3 is 3. The summed E-state index contributed by atoms with van der Waals surface area (Å²) >= 11 is 0. The van der Waals surface area contributed by atoms with Crippen LogP contribution in [0.25, 0.3) is 10.9 Å². The minimum absolute atomic E-state index is 0.00884. The number of H-pyrrole nitrogens is 1. The highest BCUT2D eigenvalue weighted by Crippen LogP contribution is 2.34. The van der Waals surface area contributed by atoms with E-state index in [4.69, 9.17) is 14.2 Å². The molecule has 1 aliphatic carbocycles. The molecule has 1 fully saturated rings. The SMILES string of the molecule is CCC(c1nnnn1CCOC)N(Cc1cc2cc(OC)c(OC)cc2[nH]c1=O)C1CCCCC1. The van der Waals surface area contributed by atoms with Crippen LogP contribution in [-0.4, -0.2) is 64.1 Å². The third-order valence-corrected chi connectivity index (χ3v) is 6.97. The lowest BCUT2D eigenvalue weighted by Gasteiger charge is -2.39. The van der Waals surface area contributed by atoms with E-state index in [0.717, 1.165) is 36.0 Å². The third kappa shape index (κ3) is 5.48. The molecule has 0 bridgehead atoms. The topological polar surface area (TPSA) is 107 Å². The number of tetrazole rings is 1. The molecule has 0 amide bonds. The normalized spacial score (nSPS) is 15.6. The van der Waals surface area contributed by atoms with Gasteiger partial charge in [0.15, 0.2) is 17.3 Å². The highest BCUT2D eigenvalue weighted by molar-refractivity contribution is 5.83. The maximum atomic E-state index is 13.2. The molecule has 1 atom stereocenters. The fraction of sp³-hybridized carbons (Fsp3) is 0.600. The number of hydrogen-bond acceptors (Lipinski definition) is 8. The highest BCUT2D eigenvalue weighted by atomic mass is 16.5.